The third-order valence-electron chi connectivity index (χ3n) is 2.73. The summed E-state index contributed by atoms with van der Waals surface area (Å²) in [5, 5.41) is 1.99. The summed E-state index contributed by atoms with van der Waals surface area (Å²) < 4.78 is 56.6. The number of amides is 1. The van der Waals surface area contributed by atoms with Crippen LogP contribution in [0.4, 0.5) is 23.2 Å². The standard InChI is InChI=1S/C15H10ClF4NO2/c16-9-4-5-13(12(6-9)15(18,19)20)21-14(22)8-23-11-3-1-2-10(17)7-11/h1-7H,8H2,(H,21,22). The fraction of sp³-hybridized carbons (Fsp3) is 0.133. The van der Waals surface area contributed by atoms with Gasteiger partial charge in [0.2, 0.25) is 0 Å². The number of benzene rings is 2. The number of carbonyl (C=O) groups is 1. The minimum Gasteiger partial charge on any atom is -0.484 e. The molecule has 0 aliphatic heterocycles. The number of hydrogen-bond donors (Lipinski definition) is 1. The molecule has 0 atom stereocenters. The van der Waals surface area contributed by atoms with Crippen molar-refractivity contribution in [2.75, 3.05) is 11.9 Å². The van der Waals surface area contributed by atoms with Crippen molar-refractivity contribution in [2.45, 2.75) is 6.18 Å². The Bertz CT molecular complexity index is 719. The van der Waals surface area contributed by atoms with Gasteiger partial charge in [-0.15, -0.1) is 0 Å². The van der Waals surface area contributed by atoms with Crippen molar-refractivity contribution in [2.24, 2.45) is 0 Å². The van der Waals surface area contributed by atoms with Crippen molar-refractivity contribution >= 4 is 23.2 Å². The van der Waals surface area contributed by atoms with Crippen molar-refractivity contribution in [1.29, 1.82) is 0 Å². The molecule has 0 bridgehead atoms. The van der Waals surface area contributed by atoms with Crippen LogP contribution in [0.1, 0.15) is 5.56 Å². The number of halogens is 5. The highest BCUT2D eigenvalue weighted by molar-refractivity contribution is 6.30. The molecule has 1 amide bonds. The van der Waals surface area contributed by atoms with Gasteiger partial charge in [0.05, 0.1) is 11.3 Å². The summed E-state index contributed by atoms with van der Waals surface area (Å²) in [7, 11) is 0. The fourth-order valence-corrected chi connectivity index (χ4v) is 1.92. The quantitative estimate of drug-likeness (QED) is 0.826. The van der Waals surface area contributed by atoms with E-state index >= 15 is 0 Å². The highest BCUT2D eigenvalue weighted by Crippen LogP contribution is 2.36. The van der Waals surface area contributed by atoms with Gasteiger partial charge < -0.3 is 10.1 Å². The van der Waals surface area contributed by atoms with Gasteiger partial charge in [0.1, 0.15) is 11.6 Å². The molecule has 2 aromatic rings. The smallest absolute Gasteiger partial charge is 0.418 e. The maximum atomic E-state index is 12.9. The van der Waals surface area contributed by atoms with Crippen molar-refractivity contribution in [3.63, 3.8) is 0 Å². The highest BCUT2D eigenvalue weighted by Gasteiger charge is 2.34. The second kappa shape index (κ2) is 6.87. The number of carbonyl (C=O) groups excluding carboxylic acids is 1. The number of ether oxygens (including phenoxy) is 1. The maximum absolute atomic E-state index is 12.9. The lowest BCUT2D eigenvalue weighted by atomic mass is 10.1. The Morgan fingerprint density at radius 1 is 1.17 bits per heavy atom. The minimum atomic E-state index is -4.67. The lowest BCUT2D eigenvalue weighted by Crippen LogP contribution is -2.22. The van der Waals surface area contributed by atoms with Gasteiger partial charge in [-0.3, -0.25) is 4.79 Å². The molecule has 0 radical (unpaired) electrons. The number of nitrogens with one attached hydrogen (secondary N) is 1. The summed E-state index contributed by atoms with van der Waals surface area (Å²) in [6.45, 7) is -0.566. The first-order valence-electron chi connectivity index (χ1n) is 6.30. The lowest BCUT2D eigenvalue weighted by Gasteiger charge is -2.14. The van der Waals surface area contributed by atoms with Crippen LogP contribution in [0.5, 0.6) is 5.75 Å². The molecule has 8 heteroatoms. The lowest BCUT2D eigenvalue weighted by molar-refractivity contribution is -0.137. The Hall–Kier alpha value is -2.28. The molecule has 0 fully saturated rings. The average Bonchev–Trinajstić information content (AvgIpc) is 2.46. The molecule has 2 rings (SSSR count). The first-order valence-corrected chi connectivity index (χ1v) is 6.68. The van der Waals surface area contributed by atoms with E-state index in [4.69, 9.17) is 16.3 Å². The molecule has 0 aliphatic rings. The maximum Gasteiger partial charge on any atom is 0.418 e. The molecular weight excluding hydrogens is 338 g/mol. The molecular formula is C15H10ClF4NO2. The second-order valence-corrected chi connectivity index (χ2v) is 4.92. The molecule has 0 unspecified atom stereocenters. The predicted molar refractivity (Wildman–Crippen MR) is 77.0 cm³/mol. The fourth-order valence-electron chi connectivity index (χ4n) is 1.75. The Labute approximate surface area is 133 Å². The van der Waals surface area contributed by atoms with E-state index in [1.165, 1.54) is 24.3 Å². The monoisotopic (exact) mass is 347 g/mol. The number of rotatable bonds is 4. The van der Waals surface area contributed by atoms with Crippen LogP contribution in [0.15, 0.2) is 42.5 Å². The largest absolute Gasteiger partial charge is 0.484 e. The van der Waals surface area contributed by atoms with Crippen molar-refractivity contribution in [3.8, 4) is 5.75 Å². The summed E-state index contributed by atoms with van der Waals surface area (Å²) in [6, 6.07) is 8.02. The van der Waals surface area contributed by atoms with Crippen molar-refractivity contribution in [3.05, 3.63) is 58.9 Å². The number of hydrogen-bond acceptors (Lipinski definition) is 2. The topological polar surface area (TPSA) is 38.3 Å². The van der Waals surface area contributed by atoms with E-state index in [1.54, 1.807) is 0 Å². The first kappa shape index (κ1) is 17.1. The summed E-state index contributed by atoms with van der Waals surface area (Å²) in [6.07, 6.45) is -4.67. The van der Waals surface area contributed by atoms with E-state index in [1.807, 2.05) is 0 Å². The van der Waals surface area contributed by atoms with Crippen LogP contribution >= 0.6 is 11.6 Å². The SMILES string of the molecule is O=C(COc1cccc(F)c1)Nc1ccc(Cl)cc1C(F)(F)F. The zero-order chi connectivity index (χ0) is 17.0. The van der Waals surface area contributed by atoms with Gasteiger partial charge in [-0.25, -0.2) is 4.39 Å². The van der Waals surface area contributed by atoms with Crippen LogP contribution in [0.3, 0.4) is 0 Å². The zero-order valence-electron chi connectivity index (χ0n) is 11.5. The Morgan fingerprint density at radius 2 is 1.91 bits per heavy atom. The number of alkyl halides is 3. The van der Waals surface area contributed by atoms with Crippen molar-refractivity contribution < 1.29 is 27.1 Å². The van der Waals surface area contributed by atoms with Gasteiger partial charge in [-0.2, -0.15) is 13.2 Å². The Morgan fingerprint density at radius 3 is 2.57 bits per heavy atom. The number of anilines is 1. The third kappa shape index (κ3) is 4.85. The average molecular weight is 348 g/mol. The van der Waals surface area contributed by atoms with Gasteiger partial charge in [-0.1, -0.05) is 17.7 Å². The normalized spacial score (nSPS) is 11.2. The molecule has 0 spiro atoms. The zero-order valence-corrected chi connectivity index (χ0v) is 12.2. The minimum absolute atomic E-state index is 0.0901. The van der Waals surface area contributed by atoms with Crippen LogP contribution in [0.25, 0.3) is 0 Å². The van der Waals surface area contributed by atoms with Crippen molar-refractivity contribution in [1.82, 2.24) is 0 Å². The first-order chi connectivity index (χ1) is 10.8. The van der Waals surface area contributed by atoms with Gasteiger partial charge in [-0.05, 0) is 30.3 Å². The highest BCUT2D eigenvalue weighted by atomic mass is 35.5. The van der Waals surface area contributed by atoms with Gasteiger partial charge in [0, 0.05) is 11.1 Å². The van der Waals surface area contributed by atoms with Crippen LogP contribution < -0.4 is 10.1 Å². The Balaban J connectivity index is 2.06. The van der Waals surface area contributed by atoms with E-state index in [0.29, 0.717) is 6.07 Å². The predicted octanol–water partition coefficient (Wildman–Crippen LogP) is 4.52. The molecule has 2 aromatic carbocycles. The van der Waals surface area contributed by atoms with E-state index in [9.17, 15) is 22.4 Å². The second-order valence-electron chi connectivity index (χ2n) is 4.48. The molecule has 1 N–H and O–H groups in total. The summed E-state index contributed by atoms with van der Waals surface area (Å²) in [5.41, 5.74) is -1.50. The molecule has 3 nitrogen and oxygen atoms in total. The summed E-state index contributed by atoms with van der Waals surface area (Å²) >= 11 is 5.54. The molecule has 0 saturated heterocycles. The molecule has 23 heavy (non-hydrogen) atoms. The van der Waals surface area contributed by atoms with Gasteiger partial charge in [0.25, 0.3) is 5.91 Å². The van der Waals surface area contributed by atoms with Gasteiger partial charge >= 0.3 is 6.18 Å². The van der Waals surface area contributed by atoms with E-state index in [0.717, 1.165) is 12.1 Å². The summed E-state index contributed by atoms with van der Waals surface area (Å²) in [5.74, 6) is -1.28. The van der Waals surface area contributed by atoms with Crippen LogP contribution in [0, 0.1) is 5.82 Å². The van der Waals surface area contributed by atoms with E-state index < -0.39 is 35.8 Å². The van der Waals surface area contributed by atoms with E-state index in [2.05, 4.69) is 5.32 Å². The Kier molecular flexibility index (Phi) is 5.10. The van der Waals surface area contributed by atoms with Crippen LogP contribution in [0.2, 0.25) is 5.02 Å². The molecule has 0 aliphatic carbocycles. The molecule has 0 heterocycles. The molecule has 0 saturated carbocycles. The van der Waals surface area contributed by atoms with Crippen LogP contribution in [-0.2, 0) is 11.0 Å². The van der Waals surface area contributed by atoms with Gasteiger partial charge in [0.15, 0.2) is 6.61 Å². The molecule has 0 aromatic heterocycles. The molecule has 122 valence electrons. The van der Waals surface area contributed by atoms with E-state index in [-0.39, 0.29) is 10.8 Å². The summed E-state index contributed by atoms with van der Waals surface area (Å²) in [4.78, 5) is 11.7. The third-order valence-corrected chi connectivity index (χ3v) is 2.96. The van der Waals surface area contributed by atoms with Crippen LogP contribution in [-0.4, -0.2) is 12.5 Å².